The molecule has 0 aliphatic rings. The van der Waals surface area contributed by atoms with E-state index >= 15 is 0 Å². The number of anilines is 2. The molecule has 0 aliphatic carbocycles. The lowest BCUT2D eigenvalue weighted by molar-refractivity contribution is -0.137. The molecule has 1 N–H and O–H groups in total. The van der Waals surface area contributed by atoms with E-state index in [-0.39, 0.29) is 0 Å². The van der Waals surface area contributed by atoms with E-state index in [0.717, 1.165) is 36.2 Å². The minimum atomic E-state index is -4.31. The number of benzene rings is 2. The van der Waals surface area contributed by atoms with Crippen LogP contribution in [-0.4, -0.2) is 5.88 Å². The van der Waals surface area contributed by atoms with Crippen LogP contribution in [0.5, 0.6) is 0 Å². The summed E-state index contributed by atoms with van der Waals surface area (Å²) in [5.74, 6) is 0.608. The molecule has 1 nitrogen and oxygen atoms in total. The molecule has 0 atom stereocenters. The summed E-state index contributed by atoms with van der Waals surface area (Å²) in [5, 5.41) is 3.10. The molecular weight excluding hydrogens is 299 g/mol. The summed E-state index contributed by atoms with van der Waals surface area (Å²) >= 11 is 5.67. The number of halogens is 4. The number of hydrogen-bond acceptors (Lipinski definition) is 1. The van der Waals surface area contributed by atoms with Crippen LogP contribution in [-0.2, 0) is 12.6 Å². The van der Waals surface area contributed by atoms with Crippen molar-refractivity contribution in [1.29, 1.82) is 0 Å². The number of hydrogen-bond donors (Lipinski definition) is 1. The molecule has 2 aromatic carbocycles. The van der Waals surface area contributed by atoms with Gasteiger partial charge in [0.2, 0.25) is 0 Å². The van der Waals surface area contributed by atoms with Crippen LogP contribution in [0.1, 0.15) is 17.5 Å². The van der Waals surface area contributed by atoms with Gasteiger partial charge in [-0.25, -0.2) is 0 Å². The Kier molecular flexibility index (Phi) is 5.12. The van der Waals surface area contributed by atoms with E-state index in [1.807, 2.05) is 24.3 Å². The van der Waals surface area contributed by atoms with Crippen molar-refractivity contribution in [1.82, 2.24) is 0 Å². The first-order chi connectivity index (χ1) is 9.99. The molecule has 0 saturated carbocycles. The Balaban J connectivity index is 2.07. The first-order valence-electron chi connectivity index (χ1n) is 6.58. The first kappa shape index (κ1) is 15.7. The summed E-state index contributed by atoms with van der Waals surface area (Å²) in [6, 6.07) is 12.8. The predicted molar refractivity (Wildman–Crippen MR) is 80.2 cm³/mol. The van der Waals surface area contributed by atoms with Crippen LogP contribution in [0.3, 0.4) is 0 Å². The normalized spacial score (nSPS) is 11.4. The molecule has 112 valence electrons. The molecule has 0 bridgehead atoms. The third-order valence-electron chi connectivity index (χ3n) is 3.03. The summed E-state index contributed by atoms with van der Waals surface area (Å²) in [4.78, 5) is 0. The van der Waals surface area contributed by atoms with Crippen LogP contribution in [0.4, 0.5) is 24.5 Å². The minimum absolute atomic E-state index is 0.608. The zero-order valence-corrected chi connectivity index (χ0v) is 12.0. The third-order valence-corrected chi connectivity index (χ3v) is 3.29. The third kappa shape index (κ3) is 4.67. The highest BCUT2D eigenvalue weighted by Gasteiger charge is 2.29. The van der Waals surface area contributed by atoms with Crippen molar-refractivity contribution in [3.63, 3.8) is 0 Å². The van der Waals surface area contributed by atoms with Crippen LogP contribution in [0.25, 0.3) is 0 Å². The molecule has 0 aromatic heterocycles. The molecule has 0 aliphatic heterocycles. The van der Waals surface area contributed by atoms with E-state index in [1.54, 1.807) is 0 Å². The number of rotatable bonds is 5. The lowest BCUT2D eigenvalue weighted by Gasteiger charge is -2.10. The Morgan fingerprint density at radius 1 is 0.952 bits per heavy atom. The van der Waals surface area contributed by atoms with Gasteiger partial charge in [0.15, 0.2) is 0 Å². The van der Waals surface area contributed by atoms with E-state index in [9.17, 15) is 13.2 Å². The van der Waals surface area contributed by atoms with E-state index in [1.165, 1.54) is 12.1 Å². The molecule has 0 heterocycles. The van der Waals surface area contributed by atoms with Gasteiger partial charge < -0.3 is 5.32 Å². The second-order valence-electron chi connectivity index (χ2n) is 4.69. The fourth-order valence-corrected chi connectivity index (χ4v) is 2.12. The van der Waals surface area contributed by atoms with Gasteiger partial charge in [-0.2, -0.15) is 13.2 Å². The molecule has 0 amide bonds. The zero-order chi connectivity index (χ0) is 15.3. The smallest absolute Gasteiger partial charge is 0.356 e. The van der Waals surface area contributed by atoms with Crippen molar-refractivity contribution >= 4 is 23.0 Å². The van der Waals surface area contributed by atoms with Gasteiger partial charge in [0, 0.05) is 17.3 Å². The molecule has 0 spiro atoms. The van der Waals surface area contributed by atoms with Gasteiger partial charge in [-0.3, -0.25) is 0 Å². The predicted octanol–water partition coefficient (Wildman–Crippen LogP) is 5.62. The molecule has 21 heavy (non-hydrogen) atoms. The van der Waals surface area contributed by atoms with Gasteiger partial charge in [-0.05, 0) is 54.8 Å². The lowest BCUT2D eigenvalue weighted by Crippen LogP contribution is -2.04. The van der Waals surface area contributed by atoms with E-state index < -0.39 is 11.7 Å². The van der Waals surface area contributed by atoms with Crippen molar-refractivity contribution < 1.29 is 13.2 Å². The standard InChI is InChI=1S/C16H15ClF3N/c17-10-2-4-12-3-1-5-15(11-12)21-14-8-6-13(7-9-14)16(18,19)20/h1,3,5-9,11,21H,2,4,10H2. The quantitative estimate of drug-likeness (QED) is 0.706. The van der Waals surface area contributed by atoms with Gasteiger partial charge in [-0.1, -0.05) is 12.1 Å². The summed E-state index contributed by atoms with van der Waals surface area (Å²) < 4.78 is 37.5. The molecule has 0 fully saturated rings. The number of nitrogens with one attached hydrogen (secondary N) is 1. The summed E-state index contributed by atoms with van der Waals surface area (Å²) in [6.45, 7) is 0. The van der Waals surface area contributed by atoms with Crippen LogP contribution >= 0.6 is 11.6 Å². The monoisotopic (exact) mass is 313 g/mol. The molecule has 2 aromatic rings. The number of aryl methyl sites for hydroxylation is 1. The van der Waals surface area contributed by atoms with Crippen LogP contribution in [0.15, 0.2) is 48.5 Å². The van der Waals surface area contributed by atoms with Gasteiger partial charge >= 0.3 is 6.18 Å². The maximum atomic E-state index is 12.5. The molecule has 5 heteroatoms. The van der Waals surface area contributed by atoms with Crippen molar-refractivity contribution in [2.24, 2.45) is 0 Å². The van der Waals surface area contributed by atoms with Crippen molar-refractivity contribution in [3.05, 3.63) is 59.7 Å². The maximum Gasteiger partial charge on any atom is 0.416 e. The highest BCUT2D eigenvalue weighted by Crippen LogP contribution is 2.30. The van der Waals surface area contributed by atoms with Crippen molar-refractivity contribution in [3.8, 4) is 0 Å². The minimum Gasteiger partial charge on any atom is -0.356 e. The molecule has 0 saturated heterocycles. The Bertz CT molecular complexity index is 579. The Morgan fingerprint density at radius 2 is 1.67 bits per heavy atom. The molecular formula is C16H15ClF3N. The SMILES string of the molecule is FC(F)(F)c1ccc(Nc2cccc(CCCCl)c2)cc1. The lowest BCUT2D eigenvalue weighted by atomic mass is 10.1. The summed E-state index contributed by atoms with van der Waals surface area (Å²) in [5.41, 5.74) is 1.97. The zero-order valence-electron chi connectivity index (χ0n) is 11.3. The van der Waals surface area contributed by atoms with E-state index in [4.69, 9.17) is 11.6 Å². The average molecular weight is 314 g/mol. The van der Waals surface area contributed by atoms with Gasteiger partial charge in [0.25, 0.3) is 0 Å². The molecule has 2 rings (SSSR count). The van der Waals surface area contributed by atoms with Gasteiger partial charge in [-0.15, -0.1) is 11.6 Å². The highest BCUT2D eigenvalue weighted by atomic mass is 35.5. The van der Waals surface area contributed by atoms with Crippen LogP contribution in [0, 0.1) is 0 Å². The van der Waals surface area contributed by atoms with Gasteiger partial charge in [0.1, 0.15) is 0 Å². The first-order valence-corrected chi connectivity index (χ1v) is 7.12. The Hall–Kier alpha value is -1.68. The van der Waals surface area contributed by atoms with Gasteiger partial charge in [0.05, 0.1) is 5.56 Å². The summed E-state index contributed by atoms with van der Waals surface area (Å²) in [6.07, 6.45) is -2.53. The summed E-state index contributed by atoms with van der Waals surface area (Å²) in [7, 11) is 0. The van der Waals surface area contributed by atoms with Crippen LogP contribution < -0.4 is 5.32 Å². The molecule has 0 radical (unpaired) electrons. The second-order valence-corrected chi connectivity index (χ2v) is 5.07. The second kappa shape index (κ2) is 6.85. The van der Waals surface area contributed by atoms with Crippen molar-refractivity contribution in [2.75, 3.05) is 11.2 Å². The van der Waals surface area contributed by atoms with Crippen molar-refractivity contribution in [2.45, 2.75) is 19.0 Å². The average Bonchev–Trinajstić information content (AvgIpc) is 2.45. The number of alkyl halides is 4. The maximum absolute atomic E-state index is 12.5. The Morgan fingerprint density at radius 3 is 2.29 bits per heavy atom. The fraction of sp³-hybridized carbons (Fsp3) is 0.250. The largest absolute Gasteiger partial charge is 0.416 e. The fourth-order valence-electron chi connectivity index (χ4n) is 1.98. The Labute approximate surface area is 126 Å². The topological polar surface area (TPSA) is 12.0 Å². The molecule has 0 unspecified atom stereocenters. The van der Waals surface area contributed by atoms with Crippen LogP contribution in [0.2, 0.25) is 0 Å². The van der Waals surface area contributed by atoms with E-state index in [2.05, 4.69) is 5.32 Å². The highest BCUT2D eigenvalue weighted by molar-refractivity contribution is 6.17. The van der Waals surface area contributed by atoms with E-state index in [0.29, 0.717) is 11.6 Å².